The molecule has 0 unspecified atom stereocenters. The molecule has 6 heteroatoms. The SMILES string of the molecule is CNCCC(F)(F)C(F)(F)Br. The maximum Gasteiger partial charge on any atom is 0.363 e. The molecule has 0 saturated heterocycles. The number of alkyl halides is 5. The van der Waals surface area contributed by atoms with Crippen molar-refractivity contribution >= 4 is 15.9 Å². The van der Waals surface area contributed by atoms with E-state index in [9.17, 15) is 17.6 Å². The summed E-state index contributed by atoms with van der Waals surface area (Å²) in [5, 5.41) is 2.36. The Bertz CT molecular complexity index is 122. The van der Waals surface area contributed by atoms with Crippen molar-refractivity contribution in [3.8, 4) is 0 Å². The van der Waals surface area contributed by atoms with Gasteiger partial charge in [-0.25, -0.2) is 0 Å². The van der Waals surface area contributed by atoms with Gasteiger partial charge in [0.1, 0.15) is 0 Å². The Morgan fingerprint density at radius 1 is 1.27 bits per heavy atom. The normalized spacial score (nSPS) is 13.6. The van der Waals surface area contributed by atoms with Crippen molar-refractivity contribution in [3.05, 3.63) is 0 Å². The number of rotatable bonds is 4. The summed E-state index contributed by atoms with van der Waals surface area (Å²) in [6.07, 6.45) is -0.887. The van der Waals surface area contributed by atoms with Crippen LogP contribution < -0.4 is 5.32 Å². The van der Waals surface area contributed by atoms with Gasteiger partial charge in [0.15, 0.2) is 0 Å². The van der Waals surface area contributed by atoms with Crippen molar-refractivity contribution in [3.63, 3.8) is 0 Å². The smallest absolute Gasteiger partial charge is 0.320 e. The summed E-state index contributed by atoms with van der Waals surface area (Å²) in [5.74, 6) is -3.99. The molecule has 0 fully saturated rings. The molecule has 0 aliphatic carbocycles. The third-order valence-corrected chi connectivity index (χ3v) is 1.68. The van der Waals surface area contributed by atoms with Crippen LogP contribution in [-0.2, 0) is 0 Å². The van der Waals surface area contributed by atoms with Gasteiger partial charge in [0.2, 0.25) is 0 Å². The van der Waals surface area contributed by atoms with E-state index in [1.165, 1.54) is 7.05 Å². The Morgan fingerprint density at radius 3 is 2.00 bits per heavy atom. The maximum atomic E-state index is 12.3. The Balaban J connectivity index is 4.00. The van der Waals surface area contributed by atoms with E-state index in [0.717, 1.165) is 0 Å². The topological polar surface area (TPSA) is 12.0 Å². The van der Waals surface area contributed by atoms with Gasteiger partial charge in [0, 0.05) is 13.0 Å². The Kier molecular flexibility index (Phi) is 3.76. The molecule has 0 aromatic carbocycles. The van der Waals surface area contributed by atoms with Crippen LogP contribution in [0.5, 0.6) is 0 Å². The third-order valence-electron chi connectivity index (χ3n) is 1.10. The van der Waals surface area contributed by atoms with Crippen LogP contribution in [0.15, 0.2) is 0 Å². The van der Waals surface area contributed by atoms with E-state index in [0.29, 0.717) is 0 Å². The number of hydrogen-bond donors (Lipinski definition) is 1. The molecule has 0 aromatic rings. The molecule has 0 aliphatic rings. The fourth-order valence-corrected chi connectivity index (χ4v) is 0.622. The zero-order valence-corrected chi connectivity index (χ0v) is 7.39. The summed E-state index contributed by atoms with van der Waals surface area (Å²) in [6, 6.07) is 0. The lowest BCUT2D eigenvalue weighted by atomic mass is 10.2. The van der Waals surface area contributed by atoms with Crippen LogP contribution in [0.25, 0.3) is 0 Å². The minimum absolute atomic E-state index is 0.145. The molecule has 0 spiro atoms. The fourth-order valence-electron chi connectivity index (χ4n) is 0.424. The van der Waals surface area contributed by atoms with Gasteiger partial charge in [-0.3, -0.25) is 0 Å². The van der Waals surface area contributed by atoms with Crippen molar-refractivity contribution in [2.75, 3.05) is 13.6 Å². The highest BCUT2D eigenvalue weighted by molar-refractivity contribution is 9.10. The largest absolute Gasteiger partial charge is 0.363 e. The Morgan fingerprint density at radius 2 is 1.73 bits per heavy atom. The van der Waals surface area contributed by atoms with E-state index in [4.69, 9.17) is 0 Å². The van der Waals surface area contributed by atoms with Gasteiger partial charge in [-0.15, -0.1) is 0 Å². The lowest BCUT2D eigenvalue weighted by molar-refractivity contribution is -0.150. The van der Waals surface area contributed by atoms with Crippen LogP contribution >= 0.6 is 15.9 Å². The number of hydrogen-bond acceptors (Lipinski definition) is 1. The number of halogens is 5. The average molecular weight is 238 g/mol. The molecule has 0 aliphatic heterocycles. The summed E-state index contributed by atoms with van der Waals surface area (Å²) >= 11 is 1.62. The van der Waals surface area contributed by atoms with Gasteiger partial charge in [-0.2, -0.15) is 17.6 Å². The average Bonchev–Trinajstić information content (AvgIpc) is 1.81. The quantitative estimate of drug-likeness (QED) is 0.584. The van der Waals surface area contributed by atoms with E-state index in [1.807, 2.05) is 0 Å². The molecular weight excluding hydrogens is 230 g/mol. The van der Waals surface area contributed by atoms with Crippen LogP contribution in [0, 0.1) is 0 Å². The molecule has 0 radical (unpaired) electrons. The Hall–Kier alpha value is 0.160. The van der Waals surface area contributed by atoms with E-state index in [-0.39, 0.29) is 6.54 Å². The van der Waals surface area contributed by atoms with Crippen molar-refractivity contribution in [2.45, 2.75) is 17.2 Å². The van der Waals surface area contributed by atoms with Crippen LogP contribution in [0.1, 0.15) is 6.42 Å². The van der Waals surface area contributed by atoms with E-state index < -0.39 is 17.2 Å². The first-order valence-corrected chi connectivity index (χ1v) is 3.70. The summed E-state index contributed by atoms with van der Waals surface area (Å²) < 4.78 is 48.5. The van der Waals surface area contributed by atoms with Gasteiger partial charge in [0.25, 0.3) is 0 Å². The van der Waals surface area contributed by atoms with Gasteiger partial charge >= 0.3 is 10.8 Å². The van der Waals surface area contributed by atoms with Crippen molar-refractivity contribution in [1.29, 1.82) is 0 Å². The van der Waals surface area contributed by atoms with Crippen LogP contribution in [0.4, 0.5) is 17.6 Å². The van der Waals surface area contributed by atoms with Crippen molar-refractivity contribution in [2.24, 2.45) is 0 Å². The third kappa shape index (κ3) is 3.37. The van der Waals surface area contributed by atoms with Crippen LogP contribution in [0.3, 0.4) is 0 Å². The monoisotopic (exact) mass is 237 g/mol. The molecule has 0 amide bonds. The molecule has 0 atom stereocenters. The first kappa shape index (κ1) is 11.2. The lowest BCUT2D eigenvalue weighted by Crippen LogP contribution is -2.37. The van der Waals surface area contributed by atoms with Gasteiger partial charge < -0.3 is 5.32 Å². The molecule has 1 nitrogen and oxygen atoms in total. The van der Waals surface area contributed by atoms with Gasteiger partial charge in [-0.1, -0.05) is 0 Å². The first-order valence-electron chi connectivity index (χ1n) is 2.90. The molecule has 0 bridgehead atoms. The molecule has 0 aromatic heterocycles. The minimum Gasteiger partial charge on any atom is -0.320 e. The Labute approximate surface area is 70.3 Å². The highest BCUT2D eigenvalue weighted by Crippen LogP contribution is 2.41. The second kappa shape index (κ2) is 3.71. The molecule has 0 saturated carbocycles. The molecule has 0 heterocycles. The van der Waals surface area contributed by atoms with Gasteiger partial charge in [0.05, 0.1) is 0 Å². The number of nitrogens with one attached hydrogen (secondary N) is 1. The molecule has 11 heavy (non-hydrogen) atoms. The first-order chi connectivity index (χ1) is 4.81. The zero-order chi connectivity index (χ0) is 9.12. The van der Waals surface area contributed by atoms with E-state index in [1.54, 1.807) is 15.9 Å². The second-order valence-electron chi connectivity index (χ2n) is 2.06. The standard InChI is InChI=1S/C5H8BrF4N/c1-11-3-2-4(7,8)5(6,9)10/h11H,2-3H2,1H3. The predicted molar refractivity (Wildman–Crippen MR) is 37.4 cm³/mol. The highest BCUT2D eigenvalue weighted by atomic mass is 79.9. The van der Waals surface area contributed by atoms with Crippen LogP contribution in [0.2, 0.25) is 0 Å². The minimum atomic E-state index is -4.11. The van der Waals surface area contributed by atoms with Gasteiger partial charge in [-0.05, 0) is 23.0 Å². The summed E-state index contributed by atoms with van der Waals surface area (Å²) in [4.78, 5) is -4.11. The fraction of sp³-hybridized carbons (Fsp3) is 1.00. The van der Waals surface area contributed by atoms with E-state index >= 15 is 0 Å². The maximum absolute atomic E-state index is 12.3. The molecule has 1 N–H and O–H groups in total. The summed E-state index contributed by atoms with van der Waals surface area (Å²) in [5.41, 5.74) is 0. The predicted octanol–water partition coefficient (Wildman–Crippen LogP) is 2.22. The molecular formula is C5H8BrF4N. The van der Waals surface area contributed by atoms with Crippen LogP contribution in [-0.4, -0.2) is 24.3 Å². The van der Waals surface area contributed by atoms with Crippen molar-refractivity contribution < 1.29 is 17.6 Å². The molecule has 68 valence electrons. The van der Waals surface area contributed by atoms with Crippen molar-refractivity contribution in [1.82, 2.24) is 5.32 Å². The van der Waals surface area contributed by atoms with E-state index in [2.05, 4.69) is 5.32 Å². The second-order valence-corrected chi connectivity index (χ2v) is 3.05. The zero-order valence-electron chi connectivity index (χ0n) is 5.80. The summed E-state index contributed by atoms with van der Waals surface area (Å²) in [7, 11) is 1.42. The lowest BCUT2D eigenvalue weighted by Gasteiger charge is -2.20. The highest BCUT2D eigenvalue weighted by Gasteiger charge is 2.53. The molecule has 0 rings (SSSR count). The summed E-state index contributed by atoms with van der Waals surface area (Å²) in [6.45, 7) is -0.145.